The third-order valence-corrected chi connectivity index (χ3v) is 14.6. The van der Waals surface area contributed by atoms with Crippen molar-refractivity contribution in [2.24, 2.45) is 0 Å². The first-order valence-corrected chi connectivity index (χ1v) is 32.6. The van der Waals surface area contributed by atoms with Crippen molar-refractivity contribution >= 4 is 147 Å². The Bertz CT molecular complexity index is 2230. The van der Waals surface area contributed by atoms with Gasteiger partial charge in [0, 0.05) is 79.3 Å². The van der Waals surface area contributed by atoms with Gasteiger partial charge in [-0.3, -0.25) is 0 Å². The molecule has 0 N–H and O–H groups in total. The maximum absolute atomic E-state index is 11.1. The molecule has 504 valence electrons. The van der Waals surface area contributed by atoms with Crippen LogP contribution in [0.4, 0.5) is 0 Å². The molecule has 6 aromatic carbocycles. The average Bonchev–Trinajstić information content (AvgIpc) is 2.91. The van der Waals surface area contributed by atoms with Gasteiger partial charge in [0.2, 0.25) is 0 Å². The van der Waals surface area contributed by atoms with E-state index in [0.29, 0.717) is 0 Å². The molecule has 0 atom stereocenters. The van der Waals surface area contributed by atoms with Gasteiger partial charge in [-0.1, -0.05) is 173 Å². The fourth-order valence-corrected chi connectivity index (χ4v) is 10.1. The van der Waals surface area contributed by atoms with E-state index >= 15 is 0 Å². The van der Waals surface area contributed by atoms with Crippen LogP contribution < -0.4 is 30.6 Å². The predicted octanol–water partition coefficient (Wildman–Crippen LogP) is 13.8. The molecule has 0 unspecified atom stereocenters. The molecule has 12 rings (SSSR count). The molecule has 0 bridgehead atoms. The standard InChI is InChI=1S/6C9H12O.6C4H8O.3Ba/c6*1-6-4-7(2)9(10)8(3)5-6;6*1-2-4-5-3-1;;;/h6*4-5,10H,1-3H3;6*1-4H2;;;/q;;;;;;;;;;;;3*+2/p-6. The van der Waals surface area contributed by atoms with Gasteiger partial charge in [-0.2, -0.15) is 0 Å². The van der Waals surface area contributed by atoms with E-state index in [4.69, 9.17) is 28.4 Å². The molecule has 6 aliphatic rings. The van der Waals surface area contributed by atoms with Gasteiger partial charge in [0.25, 0.3) is 0 Å². The van der Waals surface area contributed by atoms with Crippen LogP contribution in [0.5, 0.6) is 34.5 Å². The molecule has 0 aromatic heterocycles. The third kappa shape index (κ3) is 45.8. The van der Waals surface area contributed by atoms with Crippen molar-refractivity contribution in [1.82, 2.24) is 0 Å². The number of aryl methyl sites for hydroxylation is 18. The van der Waals surface area contributed by atoms with Crippen molar-refractivity contribution in [3.05, 3.63) is 173 Å². The van der Waals surface area contributed by atoms with Crippen molar-refractivity contribution in [3.8, 4) is 34.5 Å². The molecule has 0 radical (unpaired) electrons. The first-order valence-electron chi connectivity index (χ1n) is 32.6. The molecule has 6 aliphatic heterocycles. The summed E-state index contributed by atoms with van der Waals surface area (Å²) in [7, 11) is 0. The number of hydrogen-bond acceptors (Lipinski definition) is 12. The Morgan fingerprint density at radius 2 is 0.247 bits per heavy atom. The van der Waals surface area contributed by atoms with Gasteiger partial charge >= 0.3 is 147 Å². The fraction of sp³-hybridized carbons (Fsp3) is 0.538. The molecule has 6 heterocycles. The number of ether oxygens (including phenoxy) is 6. The molecular weight excluding hydrogens is 1540 g/mol. The first kappa shape index (κ1) is 95.8. The van der Waals surface area contributed by atoms with Gasteiger partial charge in [-0.05, 0) is 202 Å². The van der Waals surface area contributed by atoms with Crippen molar-refractivity contribution in [2.45, 2.75) is 202 Å². The van der Waals surface area contributed by atoms with E-state index in [1.807, 2.05) is 197 Å². The number of benzene rings is 6. The van der Waals surface area contributed by atoms with Crippen LogP contribution in [0.1, 0.15) is 177 Å². The number of rotatable bonds is 0. The predicted molar refractivity (Wildman–Crippen MR) is 378 cm³/mol. The first-order chi connectivity index (χ1) is 42.7. The van der Waals surface area contributed by atoms with E-state index in [2.05, 4.69) is 0 Å². The molecule has 12 nitrogen and oxygen atoms in total. The van der Waals surface area contributed by atoms with Crippen molar-refractivity contribution in [3.63, 3.8) is 0 Å². The van der Waals surface area contributed by atoms with E-state index in [-0.39, 0.29) is 181 Å². The molecule has 6 aromatic rings. The minimum Gasteiger partial charge on any atom is -0.872 e. The Balaban J connectivity index is -0.000000957. The van der Waals surface area contributed by atoms with Crippen molar-refractivity contribution in [1.29, 1.82) is 0 Å². The van der Waals surface area contributed by atoms with Crippen molar-refractivity contribution < 1.29 is 59.1 Å². The summed E-state index contributed by atoms with van der Waals surface area (Å²) in [6.45, 7) is 46.2. The summed E-state index contributed by atoms with van der Waals surface area (Å²) < 4.78 is 29.7. The zero-order valence-corrected chi connectivity index (χ0v) is 74.2. The van der Waals surface area contributed by atoms with Crippen LogP contribution in [0.25, 0.3) is 0 Å². The molecule has 0 amide bonds. The van der Waals surface area contributed by atoms with Gasteiger partial charge in [-0.25, -0.2) is 0 Å². The fourth-order valence-electron chi connectivity index (χ4n) is 10.1. The maximum Gasteiger partial charge on any atom is 2.00 e. The summed E-state index contributed by atoms with van der Waals surface area (Å²) in [6, 6.07) is 22.9. The summed E-state index contributed by atoms with van der Waals surface area (Å²) in [4.78, 5) is 0. The van der Waals surface area contributed by atoms with Gasteiger partial charge in [0.05, 0.1) is 0 Å². The summed E-state index contributed by atoms with van der Waals surface area (Å²) in [5.41, 5.74) is 17.1. The maximum atomic E-state index is 11.1. The summed E-state index contributed by atoms with van der Waals surface area (Å²) >= 11 is 0. The normalized spacial score (nSPS) is 14.1. The van der Waals surface area contributed by atoms with Crippen LogP contribution in [0.3, 0.4) is 0 Å². The number of hydrogen-bond donors (Lipinski definition) is 0. The van der Waals surface area contributed by atoms with E-state index in [0.717, 1.165) is 179 Å². The Morgan fingerprint density at radius 3 is 0.301 bits per heavy atom. The molecular formula is C78H114Ba3O12. The van der Waals surface area contributed by atoms with Crippen LogP contribution in [0.2, 0.25) is 0 Å². The van der Waals surface area contributed by atoms with Gasteiger partial charge in [0.15, 0.2) is 0 Å². The van der Waals surface area contributed by atoms with Crippen LogP contribution in [-0.4, -0.2) is 226 Å². The third-order valence-electron chi connectivity index (χ3n) is 14.6. The molecule has 0 saturated carbocycles. The summed E-state index contributed by atoms with van der Waals surface area (Å²) in [5, 5.41) is 66.7. The van der Waals surface area contributed by atoms with Gasteiger partial charge < -0.3 is 59.1 Å². The second-order valence-corrected chi connectivity index (χ2v) is 24.3. The Hall–Kier alpha value is -1.41. The minimum absolute atomic E-state index is 0. The van der Waals surface area contributed by atoms with E-state index in [1.54, 1.807) is 0 Å². The zero-order chi connectivity index (χ0) is 67.6. The van der Waals surface area contributed by atoms with Crippen LogP contribution >= 0.6 is 0 Å². The van der Waals surface area contributed by atoms with Crippen LogP contribution in [-0.2, 0) is 28.4 Å². The SMILES string of the molecule is C1CCOC1.C1CCOC1.C1CCOC1.C1CCOC1.C1CCOC1.C1CCOC1.Cc1cc(C)c([O-])c(C)c1.Cc1cc(C)c([O-])c(C)c1.Cc1cc(C)c([O-])c(C)c1.Cc1cc(C)c([O-])c(C)c1.Cc1cc(C)c([O-])c(C)c1.Cc1cc(C)c([O-])c(C)c1.[Ba+2].[Ba+2].[Ba+2]. The van der Waals surface area contributed by atoms with Gasteiger partial charge in [-0.15, -0.1) is 34.5 Å². The second-order valence-electron chi connectivity index (χ2n) is 24.3. The van der Waals surface area contributed by atoms with E-state index < -0.39 is 0 Å². The molecule has 6 saturated heterocycles. The van der Waals surface area contributed by atoms with Crippen LogP contribution in [0, 0.1) is 125 Å². The summed E-state index contributed by atoms with van der Waals surface area (Å²) in [5.74, 6) is 1.03. The molecule has 15 heteroatoms. The van der Waals surface area contributed by atoms with E-state index in [1.165, 1.54) is 77.0 Å². The smallest absolute Gasteiger partial charge is 0.872 e. The summed E-state index contributed by atoms with van der Waals surface area (Å²) in [6.07, 6.45) is 15.3. The minimum atomic E-state index is 0. The molecule has 6 fully saturated rings. The molecule has 93 heavy (non-hydrogen) atoms. The van der Waals surface area contributed by atoms with Crippen LogP contribution in [0.15, 0.2) is 72.8 Å². The van der Waals surface area contributed by atoms with E-state index in [9.17, 15) is 30.6 Å². The largest absolute Gasteiger partial charge is 2.00 e. The van der Waals surface area contributed by atoms with Gasteiger partial charge in [0.1, 0.15) is 0 Å². The van der Waals surface area contributed by atoms with Crippen molar-refractivity contribution in [2.75, 3.05) is 79.3 Å². The second kappa shape index (κ2) is 57.4. The molecule has 0 spiro atoms. The quantitative estimate of drug-likeness (QED) is 0.131. The zero-order valence-electron chi connectivity index (χ0n) is 60.9. The topological polar surface area (TPSA) is 194 Å². The Labute approximate surface area is 684 Å². The Kier molecular flexibility index (Phi) is 59.1. The monoisotopic (exact) mass is 1660 g/mol. The average molecular weight is 1660 g/mol. The Morgan fingerprint density at radius 1 is 0.172 bits per heavy atom. The molecule has 0 aliphatic carbocycles.